The first-order chi connectivity index (χ1) is 24.1. The summed E-state index contributed by atoms with van der Waals surface area (Å²) in [7, 11) is 0. The average Bonchev–Trinajstić information content (AvgIpc) is 3.76. The van der Waals surface area contributed by atoms with Crippen LogP contribution in [0, 0.1) is 11.7 Å². The Morgan fingerprint density at radius 3 is 2.33 bits per heavy atom. The van der Waals surface area contributed by atoms with E-state index in [-0.39, 0.29) is 43.8 Å². The zero-order chi connectivity index (χ0) is 37.3. The Kier molecular flexibility index (Phi) is 13.2. The molecule has 7 N–H and O–H groups in total. The summed E-state index contributed by atoms with van der Waals surface area (Å²) in [5.41, 5.74) is 4.40. The normalized spacial score (nSPS) is 19.2. The van der Waals surface area contributed by atoms with Crippen molar-refractivity contribution in [1.82, 2.24) is 35.8 Å². The number of aromatic nitrogens is 3. The number of carboxylic acid groups (broad SMARTS) is 1. The van der Waals surface area contributed by atoms with Gasteiger partial charge in [0.15, 0.2) is 0 Å². The fourth-order valence-corrected chi connectivity index (χ4v) is 6.83. The Labute approximate surface area is 294 Å². The molecule has 2 fully saturated rings. The number of unbranched alkanes of at least 4 members (excludes halogenated alkanes) is 1. The van der Waals surface area contributed by atoms with E-state index in [2.05, 4.69) is 26.3 Å². The van der Waals surface area contributed by atoms with Crippen LogP contribution in [0.1, 0.15) is 100 Å². The van der Waals surface area contributed by atoms with E-state index in [0.29, 0.717) is 18.5 Å². The number of benzene rings is 1. The highest BCUT2D eigenvalue weighted by Crippen LogP contribution is 2.33. The third-order valence-corrected chi connectivity index (χ3v) is 9.49. The predicted molar refractivity (Wildman–Crippen MR) is 179 cm³/mol. The van der Waals surface area contributed by atoms with E-state index in [0.717, 1.165) is 44.2 Å². The number of carbonyl (C=O) groups excluding carboxylic acids is 5. The SMILES string of the molecule is CC(C)(O)c1cnnn1[C@H]1C[C@@H](C(=O)NC(CCCCNC(=O)O)C(=O)C(N)=O)N(C(=O)[C@@H](CC2CCCCC2)NC(=O)c2ccc(F)cc2)C1. The van der Waals surface area contributed by atoms with Crippen molar-refractivity contribution in [2.45, 2.75) is 108 Å². The number of ketones is 1. The second-order valence-electron chi connectivity index (χ2n) is 13.8. The van der Waals surface area contributed by atoms with Crippen LogP contribution in [0.2, 0.25) is 0 Å². The molecule has 2 aliphatic rings. The third-order valence-electron chi connectivity index (χ3n) is 9.49. The minimum Gasteiger partial charge on any atom is -0.465 e. The molecule has 5 amide bonds. The second-order valence-corrected chi connectivity index (χ2v) is 13.8. The van der Waals surface area contributed by atoms with Gasteiger partial charge in [0.25, 0.3) is 11.8 Å². The molecule has 1 saturated heterocycles. The van der Waals surface area contributed by atoms with Crippen molar-refractivity contribution in [1.29, 1.82) is 0 Å². The number of likely N-dealkylation sites (tertiary alicyclic amines) is 1. The molecule has 0 bridgehead atoms. The van der Waals surface area contributed by atoms with Gasteiger partial charge < -0.3 is 36.8 Å². The van der Waals surface area contributed by atoms with Crippen molar-refractivity contribution in [3.8, 4) is 0 Å². The smallest absolute Gasteiger partial charge is 0.404 e. The van der Waals surface area contributed by atoms with Gasteiger partial charge in [-0.1, -0.05) is 37.3 Å². The molecule has 0 spiro atoms. The van der Waals surface area contributed by atoms with Crippen molar-refractivity contribution < 1.29 is 43.4 Å². The van der Waals surface area contributed by atoms with Crippen LogP contribution in [0.5, 0.6) is 0 Å². The number of rotatable bonds is 16. The van der Waals surface area contributed by atoms with Crippen LogP contribution in [0.3, 0.4) is 0 Å². The van der Waals surface area contributed by atoms with Gasteiger partial charge in [-0.3, -0.25) is 24.0 Å². The van der Waals surface area contributed by atoms with Gasteiger partial charge in [-0.05, 0) is 69.7 Å². The van der Waals surface area contributed by atoms with E-state index in [9.17, 15) is 38.3 Å². The lowest BCUT2D eigenvalue weighted by molar-refractivity contribution is -0.142. The number of Topliss-reactive ketones (excluding diaryl/α,β-unsaturated/α-hetero) is 1. The molecule has 1 aliphatic heterocycles. The molecule has 1 aromatic heterocycles. The molecule has 278 valence electrons. The van der Waals surface area contributed by atoms with Crippen molar-refractivity contribution in [3.05, 3.63) is 47.5 Å². The number of aliphatic hydroxyl groups is 1. The van der Waals surface area contributed by atoms with Gasteiger partial charge in [-0.2, -0.15) is 0 Å². The van der Waals surface area contributed by atoms with Crippen LogP contribution in [-0.4, -0.2) is 96.8 Å². The molecule has 0 radical (unpaired) electrons. The summed E-state index contributed by atoms with van der Waals surface area (Å²) in [6.07, 6.45) is 5.72. The number of amides is 5. The van der Waals surface area contributed by atoms with E-state index < -0.39 is 71.1 Å². The van der Waals surface area contributed by atoms with Gasteiger partial charge in [-0.25, -0.2) is 13.9 Å². The summed E-state index contributed by atoms with van der Waals surface area (Å²) in [4.78, 5) is 78.8. The number of nitrogens with one attached hydrogen (secondary N) is 3. The number of hydrogen-bond donors (Lipinski definition) is 6. The second kappa shape index (κ2) is 17.3. The number of halogens is 1. The lowest BCUT2D eigenvalue weighted by atomic mass is 9.84. The van der Waals surface area contributed by atoms with Gasteiger partial charge in [0.1, 0.15) is 23.5 Å². The Morgan fingerprint density at radius 2 is 1.71 bits per heavy atom. The summed E-state index contributed by atoms with van der Waals surface area (Å²) >= 11 is 0. The molecule has 16 nitrogen and oxygen atoms in total. The lowest BCUT2D eigenvalue weighted by Gasteiger charge is -2.32. The van der Waals surface area contributed by atoms with E-state index >= 15 is 0 Å². The largest absolute Gasteiger partial charge is 0.465 e. The minimum absolute atomic E-state index is 0.00785. The van der Waals surface area contributed by atoms with Gasteiger partial charge in [-0.15, -0.1) is 5.10 Å². The van der Waals surface area contributed by atoms with Crippen LogP contribution in [0.15, 0.2) is 30.5 Å². The number of carbonyl (C=O) groups is 6. The fourth-order valence-electron chi connectivity index (χ4n) is 6.83. The molecule has 1 saturated carbocycles. The molecule has 4 rings (SSSR count). The molecule has 2 aromatic rings. The van der Waals surface area contributed by atoms with Crippen LogP contribution in [-0.2, 0) is 24.8 Å². The predicted octanol–water partition coefficient (Wildman–Crippen LogP) is 1.53. The number of primary amides is 1. The highest BCUT2D eigenvalue weighted by atomic mass is 19.1. The monoisotopic (exact) mass is 714 g/mol. The molecule has 1 aliphatic carbocycles. The standard InChI is InChI=1S/C34H47FN8O8/c1-34(2,51)27-18-38-41-43(27)23-17-26(31(47)39-24(28(44)29(36)45)10-6-7-15-37-33(49)50)42(19-23)32(48)25(16-20-8-4-3-5-9-20)40-30(46)21-11-13-22(35)14-12-21/h11-14,18,20,23-26,37,51H,3-10,15-17,19H2,1-2H3,(H2,36,45)(H,39,47)(H,40,46)(H,49,50)/t23-,24?,25+,26-/m0/s1. The summed E-state index contributed by atoms with van der Waals surface area (Å²) < 4.78 is 15.1. The van der Waals surface area contributed by atoms with Gasteiger partial charge in [0.2, 0.25) is 17.6 Å². The van der Waals surface area contributed by atoms with Crippen molar-refractivity contribution in [3.63, 3.8) is 0 Å². The zero-order valence-electron chi connectivity index (χ0n) is 28.8. The van der Waals surface area contributed by atoms with Crippen LogP contribution >= 0.6 is 0 Å². The van der Waals surface area contributed by atoms with E-state index in [1.165, 1.54) is 27.9 Å². The highest BCUT2D eigenvalue weighted by Gasteiger charge is 2.45. The highest BCUT2D eigenvalue weighted by molar-refractivity contribution is 6.37. The first kappa shape index (κ1) is 38.9. The van der Waals surface area contributed by atoms with Crippen LogP contribution in [0.25, 0.3) is 0 Å². The zero-order valence-corrected chi connectivity index (χ0v) is 28.8. The molecule has 4 atom stereocenters. The molecule has 51 heavy (non-hydrogen) atoms. The lowest BCUT2D eigenvalue weighted by Crippen LogP contribution is -2.56. The summed E-state index contributed by atoms with van der Waals surface area (Å²) in [5.74, 6) is -4.62. The number of hydrogen-bond acceptors (Lipinski definition) is 9. The van der Waals surface area contributed by atoms with Gasteiger partial charge >= 0.3 is 6.09 Å². The molecular formula is C34H47FN8O8. The quantitative estimate of drug-likeness (QED) is 0.108. The molecular weight excluding hydrogens is 667 g/mol. The number of nitrogens with two attached hydrogens (primary N) is 1. The first-order valence-electron chi connectivity index (χ1n) is 17.3. The molecule has 1 aromatic carbocycles. The maximum atomic E-state index is 14.6. The molecule has 2 heterocycles. The molecule has 1 unspecified atom stereocenters. The van der Waals surface area contributed by atoms with E-state index in [1.54, 1.807) is 13.8 Å². The summed E-state index contributed by atoms with van der Waals surface area (Å²) in [5, 5.41) is 35.3. The van der Waals surface area contributed by atoms with Crippen molar-refractivity contribution in [2.24, 2.45) is 11.7 Å². The van der Waals surface area contributed by atoms with Gasteiger partial charge in [0.05, 0.1) is 24.0 Å². The first-order valence-corrected chi connectivity index (χ1v) is 17.3. The maximum Gasteiger partial charge on any atom is 0.404 e. The van der Waals surface area contributed by atoms with Crippen LogP contribution in [0.4, 0.5) is 9.18 Å². The van der Waals surface area contributed by atoms with Crippen LogP contribution < -0.4 is 21.7 Å². The average molecular weight is 715 g/mol. The summed E-state index contributed by atoms with van der Waals surface area (Å²) in [6, 6.07) is 0.654. The van der Waals surface area contributed by atoms with Crippen molar-refractivity contribution in [2.75, 3.05) is 13.1 Å². The Hall–Kier alpha value is -4.93. The Morgan fingerprint density at radius 1 is 1.02 bits per heavy atom. The third kappa shape index (κ3) is 10.5. The van der Waals surface area contributed by atoms with Crippen molar-refractivity contribution >= 4 is 35.5 Å². The Bertz CT molecular complexity index is 1570. The van der Waals surface area contributed by atoms with E-state index in [4.69, 9.17) is 10.8 Å². The minimum atomic E-state index is -1.38. The van der Waals surface area contributed by atoms with Gasteiger partial charge in [0, 0.05) is 25.1 Å². The Balaban J connectivity index is 1.64. The summed E-state index contributed by atoms with van der Waals surface area (Å²) in [6.45, 7) is 3.11. The maximum absolute atomic E-state index is 14.6. The number of nitrogens with zero attached hydrogens (tertiary/aromatic N) is 4. The van der Waals surface area contributed by atoms with E-state index in [1.807, 2.05) is 0 Å². The topological polar surface area (TPSA) is 239 Å². The molecule has 17 heteroatoms. The fraction of sp³-hybridized carbons (Fsp3) is 0.588.